The molecular formula is C17H24ClN3O3. The lowest BCUT2D eigenvalue weighted by Gasteiger charge is -2.36. The predicted octanol–water partition coefficient (Wildman–Crippen LogP) is 3.25. The Labute approximate surface area is 147 Å². The maximum Gasteiger partial charge on any atom is 0.410 e. The zero-order chi connectivity index (χ0) is 17.7. The van der Waals surface area contributed by atoms with Crippen molar-refractivity contribution >= 4 is 23.6 Å². The Morgan fingerprint density at radius 1 is 1.42 bits per heavy atom. The number of likely N-dealkylation sites (tertiary alicyclic amines) is 1. The van der Waals surface area contributed by atoms with Crippen LogP contribution in [0.15, 0.2) is 18.3 Å². The quantitative estimate of drug-likeness (QED) is 0.847. The summed E-state index contributed by atoms with van der Waals surface area (Å²) >= 11 is 5.94. The fraction of sp³-hybridized carbons (Fsp3) is 0.588. The molecule has 2 amide bonds. The average Bonchev–Trinajstić information content (AvgIpc) is 2.51. The fourth-order valence-corrected chi connectivity index (χ4v) is 2.84. The Hall–Kier alpha value is -1.82. The molecular weight excluding hydrogens is 330 g/mol. The smallest absolute Gasteiger partial charge is 0.410 e. The lowest BCUT2D eigenvalue weighted by Crippen LogP contribution is -2.50. The van der Waals surface area contributed by atoms with Gasteiger partial charge in [0.2, 0.25) is 0 Å². The molecule has 6 nitrogen and oxygen atoms in total. The van der Waals surface area contributed by atoms with E-state index in [-0.39, 0.29) is 23.2 Å². The van der Waals surface area contributed by atoms with Crippen LogP contribution in [0.4, 0.5) is 4.79 Å². The minimum Gasteiger partial charge on any atom is -0.444 e. The van der Waals surface area contributed by atoms with E-state index in [0.717, 1.165) is 19.3 Å². The first-order valence-electron chi connectivity index (χ1n) is 8.16. The van der Waals surface area contributed by atoms with E-state index in [0.29, 0.717) is 18.7 Å². The number of hydrogen-bond acceptors (Lipinski definition) is 4. The summed E-state index contributed by atoms with van der Waals surface area (Å²) in [5.41, 5.74) is -0.204. The normalized spacial score (nSPS) is 18.2. The Morgan fingerprint density at radius 2 is 2.17 bits per heavy atom. The van der Waals surface area contributed by atoms with E-state index < -0.39 is 5.60 Å². The van der Waals surface area contributed by atoms with Crippen molar-refractivity contribution in [3.63, 3.8) is 0 Å². The molecule has 1 N–H and O–H groups in total. The van der Waals surface area contributed by atoms with Crippen LogP contribution in [-0.4, -0.2) is 46.6 Å². The Morgan fingerprint density at radius 3 is 2.83 bits per heavy atom. The molecule has 1 aromatic heterocycles. The van der Waals surface area contributed by atoms with E-state index in [1.165, 1.54) is 6.20 Å². The number of halogens is 1. The van der Waals surface area contributed by atoms with E-state index in [2.05, 4.69) is 10.3 Å². The van der Waals surface area contributed by atoms with E-state index in [4.69, 9.17) is 16.3 Å². The van der Waals surface area contributed by atoms with Gasteiger partial charge in [0, 0.05) is 19.3 Å². The minimum atomic E-state index is -0.536. The molecule has 0 radical (unpaired) electrons. The second-order valence-electron chi connectivity index (χ2n) is 6.88. The minimum absolute atomic E-state index is 0.0759. The van der Waals surface area contributed by atoms with Gasteiger partial charge in [0.1, 0.15) is 10.8 Å². The third-order valence-corrected chi connectivity index (χ3v) is 4.06. The number of pyridine rings is 1. The number of carbonyl (C=O) groups excluding carboxylic acids is 2. The lowest BCUT2D eigenvalue weighted by molar-refractivity contribution is 0.00986. The summed E-state index contributed by atoms with van der Waals surface area (Å²) < 4.78 is 5.46. The molecule has 0 bridgehead atoms. The largest absolute Gasteiger partial charge is 0.444 e. The average molecular weight is 354 g/mol. The van der Waals surface area contributed by atoms with E-state index in [1.807, 2.05) is 20.8 Å². The van der Waals surface area contributed by atoms with Gasteiger partial charge >= 0.3 is 6.09 Å². The molecule has 0 unspecified atom stereocenters. The second-order valence-corrected chi connectivity index (χ2v) is 7.23. The van der Waals surface area contributed by atoms with E-state index in [9.17, 15) is 9.59 Å². The highest BCUT2D eigenvalue weighted by molar-refractivity contribution is 6.32. The van der Waals surface area contributed by atoms with Crippen molar-refractivity contribution < 1.29 is 14.3 Å². The summed E-state index contributed by atoms with van der Waals surface area (Å²) in [5, 5.41) is 3.01. The molecule has 1 saturated heterocycles. The number of hydrogen-bond donors (Lipinski definition) is 1. The van der Waals surface area contributed by atoms with Crippen LogP contribution in [-0.2, 0) is 4.74 Å². The van der Waals surface area contributed by atoms with Crippen molar-refractivity contribution in [2.24, 2.45) is 0 Å². The van der Waals surface area contributed by atoms with E-state index >= 15 is 0 Å². The van der Waals surface area contributed by atoms with Gasteiger partial charge in [-0.3, -0.25) is 4.79 Å². The monoisotopic (exact) mass is 353 g/mol. The molecule has 1 aliphatic heterocycles. The number of ether oxygens (including phenoxy) is 1. The van der Waals surface area contributed by atoms with Crippen LogP contribution >= 0.6 is 11.6 Å². The molecule has 0 aromatic carbocycles. The summed E-state index contributed by atoms with van der Waals surface area (Å²) in [5.74, 6) is -0.289. The van der Waals surface area contributed by atoms with Crippen LogP contribution in [0.2, 0.25) is 5.15 Å². The number of aromatic nitrogens is 1. The first-order chi connectivity index (χ1) is 11.3. The van der Waals surface area contributed by atoms with Gasteiger partial charge in [-0.2, -0.15) is 0 Å². The summed E-state index contributed by atoms with van der Waals surface area (Å²) in [7, 11) is 0. The Kier molecular flexibility index (Phi) is 6.04. The van der Waals surface area contributed by atoms with Crippen molar-refractivity contribution in [2.45, 2.75) is 51.7 Å². The summed E-state index contributed by atoms with van der Waals surface area (Å²) in [4.78, 5) is 30.2. The number of nitrogens with one attached hydrogen (secondary N) is 1. The maximum absolute atomic E-state index is 12.4. The van der Waals surface area contributed by atoms with Gasteiger partial charge in [0.25, 0.3) is 5.91 Å². The van der Waals surface area contributed by atoms with Crippen molar-refractivity contribution in [1.29, 1.82) is 0 Å². The molecule has 2 rings (SSSR count). The highest BCUT2D eigenvalue weighted by Crippen LogP contribution is 2.20. The summed E-state index contributed by atoms with van der Waals surface area (Å²) in [6.45, 7) is 6.54. The molecule has 2 heterocycles. The summed E-state index contributed by atoms with van der Waals surface area (Å²) in [6, 6.07) is 3.21. The fourth-order valence-electron chi connectivity index (χ4n) is 2.63. The summed E-state index contributed by atoms with van der Waals surface area (Å²) in [6.07, 6.45) is 4.00. The van der Waals surface area contributed by atoms with Gasteiger partial charge in [-0.05, 0) is 52.2 Å². The highest BCUT2D eigenvalue weighted by Gasteiger charge is 2.30. The van der Waals surface area contributed by atoms with Crippen LogP contribution < -0.4 is 5.32 Å². The van der Waals surface area contributed by atoms with Gasteiger partial charge < -0.3 is 15.0 Å². The van der Waals surface area contributed by atoms with Crippen molar-refractivity contribution in [1.82, 2.24) is 15.2 Å². The molecule has 1 aromatic rings. The third kappa shape index (κ3) is 5.09. The standard InChI is InChI=1S/C17H24ClN3O3/c1-17(2,3)24-16(23)21-10-5-4-7-12(21)11-20-15(22)13-8-6-9-19-14(13)18/h6,8-9,12H,4-5,7,10-11H2,1-3H3,(H,20,22)/t12-/m0/s1. The maximum atomic E-state index is 12.4. The van der Waals surface area contributed by atoms with Crippen molar-refractivity contribution in [3.8, 4) is 0 Å². The number of amides is 2. The van der Waals surface area contributed by atoms with E-state index in [1.54, 1.807) is 17.0 Å². The van der Waals surface area contributed by atoms with Crippen molar-refractivity contribution in [3.05, 3.63) is 29.0 Å². The number of nitrogens with zero attached hydrogens (tertiary/aromatic N) is 2. The van der Waals surface area contributed by atoms with Gasteiger partial charge in [-0.15, -0.1) is 0 Å². The topological polar surface area (TPSA) is 71.5 Å². The lowest BCUT2D eigenvalue weighted by atomic mass is 10.0. The molecule has 1 atom stereocenters. The second kappa shape index (κ2) is 7.83. The molecule has 0 saturated carbocycles. The molecule has 24 heavy (non-hydrogen) atoms. The van der Waals surface area contributed by atoms with Crippen LogP contribution in [0.5, 0.6) is 0 Å². The van der Waals surface area contributed by atoms with Gasteiger partial charge in [-0.1, -0.05) is 11.6 Å². The first-order valence-corrected chi connectivity index (χ1v) is 8.54. The molecule has 1 fully saturated rings. The zero-order valence-corrected chi connectivity index (χ0v) is 15.1. The van der Waals surface area contributed by atoms with Gasteiger partial charge in [0.05, 0.1) is 11.6 Å². The van der Waals surface area contributed by atoms with Gasteiger partial charge in [0.15, 0.2) is 0 Å². The molecule has 0 spiro atoms. The van der Waals surface area contributed by atoms with Gasteiger partial charge in [-0.25, -0.2) is 9.78 Å². The number of carbonyl (C=O) groups is 2. The first kappa shape index (κ1) is 18.5. The Bertz CT molecular complexity index is 601. The molecule has 7 heteroatoms. The molecule has 0 aliphatic carbocycles. The number of rotatable bonds is 3. The predicted molar refractivity (Wildman–Crippen MR) is 92.2 cm³/mol. The third-order valence-electron chi connectivity index (χ3n) is 3.76. The van der Waals surface area contributed by atoms with Crippen LogP contribution in [0, 0.1) is 0 Å². The zero-order valence-electron chi connectivity index (χ0n) is 14.3. The van der Waals surface area contributed by atoms with Crippen LogP contribution in [0.25, 0.3) is 0 Å². The highest BCUT2D eigenvalue weighted by atomic mass is 35.5. The van der Waals surface area contributed by atoms with Crippen molar-refractivity contribution in [2.75, 3.05) is 13.1 Å². The molecule has 132 valence electrons. The SMILES string of the molecule is CC(C)(C)OC(=O)N1CCCC[C@H]1CNC(=O)c1cccnc1Cl. The van der Waals surface area contributed by atoms with Crippen LogP contribution in [0.3, 0.4) is 0 Å². The van der Waals surface area contributed by atoms with Crippen LogP contribution in [0.1, 0.15) is 50.4 Å². The Balaban J connectivity index is 1.97. The number of piperidine rings is 1. The molecule has 1 aliphatic rings.